The number of hydrogen-bond donors (Lipinski definition) is 1. The van der Waals surface area contributed by atoms with Crippen molar-refractivity contribution >= 4 is 15.9 Å². The number of nitrogens with one attached hydrogen (secondary N) is 1. The van der Waals surface area contributed by atoms with E-state index in [0.29, 0.717) is 25.9 Å². The monoisotopic (exact) mass is 394 g/mol. The van der Waals surface area contributed by atoms with E-state index in [1.165, 1.54) is 0 Å². The molecule has 10 heteroatoms. The van der Waals surface area contributed by atoms with Gasteiger partial charge in [0.1, 0.15) is 5.75 Å². The first-order valence-electron chi connectivity index (χ1n) is 8.31. The van der Waals surface area contributed by atoms with E-state index in [4.69, 9.17) is 0 Å². The van der Waals surface area contributed by atoms with E-state index in [-0.39, 0.29) is 17.3 Å². The first kappa shape index (κ1) is 20.5. The summed E-state index contributed by atoms with van der Waals surface area (Å²) < 4.78 is 66.7. The molecule has 26 heavy (non-hydrogen) atoms. The van der Waals surface area contributed by atoms with Gasteiger partial charge in [-0.05, 0) is 43.5 Å². The minimum Gasteiger partial charge on any atom is -0.406 e. The Kier molecular flexibility index (Phi) is 6.87. The van der Waals surface area contributed by atoms with Crippen molar-refractivity contribution in [2.75, 3.05) is 19.6 Å². The van der Waals surface area contributed by atoms with Crippen molar-refractivity contribution in [1.29, 1.82) is 0 Å². The van der Waals surface area contributed by atoms with Crippen LogP contribution in [-0.2, 0) is 14.8 Å². The molecule has 0 aromatic heterocycles. The lowest BCUT2D eigenvalue weighted by atomic mass is 10.2. The summed E-state index contributed by atoms with van der Waals surface area (Å²) in [6.45, 7) is 1.29. The molecule has 1 aliphatic rings. The summed E-state index contributed by atoms with van der Waals surface area (Å²) in [5, 5.41) is 0. The van der Waals surface area contributed by atoms with Crippen LogP contribution < -0.4 is 9.46 Å². The predicted octanol–water partition coefficient (Wildman–Crippen LogP) is 2.66. The third-order valence-electron chi connectivity index (χ3n) is 3.94. The van der Waals surface area contributed by atoms with E-state index in [1.54, 1.807) is 4.90 Å². The second-order valence-electron chi connectivity index (χ2n) is 5.96. The Morgan fingerprint density at radius 3 is 2.46 bits per heavy atom. The highest BCUT2D eigenvalue weighted by Crippen LogP contribution is 2.23. The molecular formula is C16H21F3N2O4S. The first-order valence-corrected chi connectivity index (χ1v) is 9.79. The molecule has 1 saturated heterocycles. The van der Waals surface area contributed by atoms with Crippen molar-refractivity contribution in [3.63, 3.8) is 0 Å². The number of likely N-dealkylation sites (tertiary alicyclic amines) is 1. The zero-order valence-electron chi connectivity index (χ0n) is 14.1. The van der Waals surface area contributed by atoms with E-state index in [2.05, 4.69) is 9.46 Å². The van der Waals surface area contributed by atoms with Crippen LogP contribution in [0.5, 0.6) is 5.75 Å². The molecule has 1 N–H and O–H groups in total. The Morgan fingerprint density at radius 2 is 1.81 bits per heavy atom. The number of carbonyl (C=O) groups is 1. The zero-order valence-corrected chi connectivity index (χ0v) is 14.9. The number of amides is 1. The molecule has 0 radical (unpaired) electrons. The lowest BCUT2D eigenvalue weighted by Gasteiger charge is -2.20. The molecule has 0 aliphatic carbocycles. The van der Waals surface area contributed by atoms with Gasteiger partial charge in [0.25, 0.3) is 0 Å². The molecule has 1 amide bonds. The molecule has 0 saturated carbocycles. The number of halogens is 3. The van der Waals surface area contributed by atoms with Crippen molar-refractivity contribution in [2.45, 2.75) is 43.4 Å². The molecule has 0 spiro atoms. The largest absolute Gasteiger partial charge is 0.573 e. The number of rotatable bonds is 7. The second-order valence-corrected chi connectivity index (χ2v) is 7.73. The summed E-state index contributed by atoms with van der Waals surface area (Å²) in [7, 11) is -3.83. The van der Waals surface area contributed by atoms with E-state index in [0.717, 1.165) is 43.5 Å². The Morgan fingerprint density at radius 1 is 1.12 bits per heavy atom. The minimum absolute atomic E-state index is 0.0885. The van der Waals surface area contributed by atoms with Gasteiger partial charge in [0.15, 0.2) is 0 Å². The molecule has 0 bridgehead atoms. The van der Waals surface area contributed by atoms with Gasteiger partial charge in [-0.1, -0.05) is 6.42 Å². The number of hydrogen-bond acceptors (Lipinski definition) is 4. The number of nitrogens with zero attached hydrogens (tertiary/aromatic N) is 1. The molecule has 1 aromatic rings. The van der Waals surface area contributed by atoms with Gasteiger partial charge in [-0.15, -0.1) is 13.2 Å². The lowest BCUT2D eigenvalue weighted by Crippen LogP contribution is -2.34. The number of carbonyl (C=O) groups excluding carboxylic acids is 1. The quantitative estimate of drug-likeness (QED) is 0.722. The van der Waals surface area contributed by atoms with Crippen LogP contribution >= 0.6 is 0 Å². The van der Waals surface area contributed by atoms with Crippen LogP contribution in [0.4, 0.5) is 13.2 Å². The van der Waals surface area contributed by atoms with Crippen molar-refractivity contribution in [2.24, 2.45) is 0 Å². The fourth-order valence-electron chi connectivity index (χ4n) is 2.66. The Bertz CT molecular complexity index is 705. The molecule has 2 rings (SSSR count). The maximum Gasteiger partial charge on any atom is 0.573 e. The summed E-state index contributed by atoms with van der Waals surface area (Å²) in [5.41, 5.74) is 0. The van der Waals surface area contributed by atoms with E-state index < -0.39 is 22.1 Å². The highest BCUT2D eigenvalue weighted by molar-refractivity contribution is 7.89. The average molecular weight is 394 g/mol. The standard InChI is InChI=1S/C16H21F3N2O4S/c17-16(18,19)25-13-6-8-14(9-7-13)26(23,24)20-10-4-12-21-11-3-1-2-5-15(21)22/h6-9,20H,1-5,10-12H2. The number of sulfonamides is 1. The summed E-state index contributed by atoms with van der Waals surface area (Å²) in [4.78, 5) is 13.4. The van der Waals surface area contributed by atoms with Gasteiger partial charge in [0.05, 0.1) is 4.90 Å². The Balaban J connectivity index is 1.83. The average Bonchev–Trinajstić information content (AvgIpc) is 2.75. The number of benzene rings is 1. The normalized spacial score (nSPS) is 16.4. The van der Waals surface area contributed by atoms with Crippen molar-refractivity contribution in [3.05, 3.63) is 24.3 Å². The van der Waals surface area contributed by atoms with Crippen molar-refractivity contribution in [3.8, 4) is 5.75 Å². The topological polar surface area (TPSA) is 75.7 Å². The summed E-state index contributed by atoms with van der Waals surface area (Å²) in [5.74, 6) is -0.401. The molecule has 0 unspecified atom stereocenters. The van der Waals surface area contributed by atoms with Gasteiger partial charge in [-0.2, -0.15) is 0 Å². The van der Waals surface area contributed by atoms with E-state index in [1.807, 2.05) is 0 Å². The van der Waals surface area contributed by atoms with Crippen LogP contribution in [0, 0.1) is 0 Å². The van der Waals surface area contributed by atoms with E-state index >= 15 is 0 Å². The summed E-state index contributed by atoms with van der Waals surface area (Å²) >= 11 is 0. The van der Waals surface area contributed by atoms with Crippen LogP contribution in [0.3, 0.4) is 0 Å². The van der Waals surface area contributed by atoms with Gasteiger partial charge >= 0.3 is 6.36 Å². The van der Waals surface area contributed by atoms with Crippen LogP contribution in [-0.4, -0.2) is 45.2 Å². The minimum atomic E-state index is -4.83. The number of alkyl halides is 3. The second kappa shape index (κ2) is 8.72. The van der Waals surface area contributed by atoms with Crippen LogP contribution in [0.25, 0.3) is 0 Å². The fourth-order valence-corrected chi connectivity index (χ4v) is 3.73. The molecule has 1 heterocycles. The van der Waals surface area contributed by atoms with Gasteiger partial charge in [0.2, 0.25) is 15.9 Å². The molecule has 1 fully saturated rings. The predicted molar refractivity (Wildman–Crippen MR) is 88.0 cm³/mol. The molecule has 0 atom stereocenters. The highest BCUT2D eigenvalue weighted by atomic mass is 32.2. The lowest BCUT2D eigenvalue weighted by molar-refractivity contribution is -0.274. The Labute approximate surface area is 150 Å². The maximum atomic E-state index is 12.1. The molecule has 1 aliphatic heterocycles. The fraction of sp³-hybridized carbons (Fsp3) is 0.562. The third kappa shape index (κ3) is 6.49. The van der Waals surface area contributed by atoms with E-state index in [9.17, 15) is 26.4 Å². The summed E-state index contributed by atoms with van der Waals surface area (Å²) in [6.07, 6.45) is -0.996. The number of ether oxygens (including phenoxy) is 1. The van der Waals surface area contributed by atoms with Crippen LogP contribution in [0.1, 0.15) is 32.1 Å². The third-order valence-corrected chi connectivity index (χ3v) is 5.41. The van der Waals surface area contributed by atoms with Crippen molar-refractivity contribution in [1.82, 2.24) is 9.62 Å². The zero-order chi connectivity index (χ0) is 19.2. The maximum absolute atomic E-state index is 12.1. The molecule has 1 aromatic carbocycles. The van der Waals surface area contributed by atoms with Gasteiger partial charge in [0, 0.05) is 26.1 Å². The smallest absolute Gasteiger partial charge is 0.406 e. The molecule has 6 nitrogen and oxygen atoms in total. The van der Waals surface area contributed by atoms with Crippen molar-refractivity contribution < 1.29 is 31.1 Å². The Hall–Kier alpha value is -1.81. The van der Waals surface area contributed by atoms with Crippen LogP contribution in [0.2, 0.25) is 0 Å². The van der Waals surface area contributed by atoms with Crippen LogP contribution in [0.15, 0.2) is 29.2 Å². The summed E-state index contributed by atoms with van der Waals surface area (Å²) in [6, 6.07) is 3.97. The van der Waals surface area contributed by atoms with Gasteiger partial charge < -0.3 is 9.64 Å². The van der Waals surface area contributed by atoms with Gasteiger partial charge in [-0.3, -0.25) is 4.79 Å². The molecular weight excluding hydrogens is 373 g/mol. The molecule has 146 valence electrons. The van der Waals surface area contributed by atoms with Gasteiger partial charge in [-0.25, -0.2) is 13.1 Å². The first-order chi connectivity index (χ1) is 12.2. The highest BCUT2D eigenvalue weighted by Gasteiger charge is 2.31. The SMILES string of the molecule is O=C1CCCCCN1CCCNS(=O)(=O)c1ccc(OC(F)(F)F)cc1.